The molecule has 0 unspecified atom stereocenters. The van der Waals surface area contributed by atoms with Crippen molar-refractivity contribution >= 4 is 56.7 Å². The van der Waals surface area contributed by atoms with Gasteiger partial charge in [-0.25, -0.2) is 0 Å². The molecule has 3 heteroatoms. The molecule has 7 aromatic rings. The summed E-state index contributed by atoms with van der Waals surface area (Å²) in [6.45, 7) is -0.126. The summed E-state index contributed by atoms with van der Waals surface area (Å²) in [7, 11) is 0. The Morgan fingerprint density at radius 1 is 0.590 bits per heavy atom. The van der Waals surface area contributed by atoms with Gasteiger partial charge in [0.2, 0.25) is 6.71 Å². The molecule has 2 aliphatic heterocycles. The van der Waals surface area contributed by atoms with Gasteiger partial charge in [-0.05, 0) is 64.1 Å². The molecule has 0 radical (unpaired) electrons. The zero-order valence-corrected chi connectivity index (χ0v) is 21.2. The van der Waals surface area contributed by atoms with Crippen molar-refractivity contribution in [2.45, 2.75) is 9.79 Å². The van der Waals surface area contributed by atoms with Crippen LogP contribution >= 0.6 is 11.8 Å². The second-order valence-corrected chi connectivity index (χ2v) is 10.9. The zero-order chi connectivity index (χ0) is 34.2. The Morgan fingerprint density at radius 2 is 1.41 bits per heavy atom. The van der Waals surface area contributed by atoms with Gasteiger partial charge in [0.25, 0.3) is 0 Å². The molecule has 0 atom stereocenters. The standard InChI is InChI=1S/C36H22BNS/c1-3-10-23(11-4-1)24-18-19-30-35(20-24)39-34-17-9-15-27-28-22-33-29(21-31(28)37(30)36(27)34)26-14-7-8-16-32(26)38(33)25-12-5-2-6-13-25/h1-22H/i1D,2D,3D,4D,5D,6D,10D,11D,12D,13D. The zero-order valence-electron chi connectivity index (χ0n) is 30.4. The number of hydrogen-bond donors (Lipinski definition) is 0. The Hall–Kier alpha value is -4.47. The van der Waals surface area contributed by atoms with Crippen LogP contribution in [-0.2, 0) is 0 Å². The Morgan fingerprint density at radius 3 is 2.28 bits per heavy atom. The largest absolute Gasteiger partial charge is 0.309 e. The van der Waals surface area contributed by atoms with Crippen LogP contribution in [0.4, 0.5) is 0 Å². The van der Waals surface area contributed by atoms with Gasteiger partial charge in [-0.1, -0.05) is 120 Å². The predicted molar refractivity (Wildman–Crippen MR) is 167 cm³/mol. The van der Waals surface area contributed by atoms with Crippen LogP contribution in [0.2, 0.25) is 0 Å². The van der Waals surface area contributed by atoms with Crippen LogP contribution in [-0.4, -0.2) is 11.3 Å². The van der Waals surface area contributed by atoms with Gasteiger partial charge in [0.15, 0.2) is 0 Å². The lowest BCUT2D eigenvalue weighted by molar-refractivity contribution is 1.18. The van der Waals surface area contributed by atoms with Crippen LogP contribution in [0.15, 0.2) is 143 Å². The second-order valence-electron chi connectivity index (χ2n) is 9.79. The number of rotatable bonds is 2. The molecular weight excluding hydrogens is 489 g/mol. The lowest BCUT2D eigenvalue weighted by Gasteiger charge is -2.24. The van der Waals surface area contributed by atoms with Gasteiger partial charge >= 0.3 is 0 Å². The van der Waals surface area contributed by atoms with Gasteiger partial charge in [0.05, 0.1) is 24.7 Å². The first kappa shape index (κ1) is 14.1. The van der Waals surface area contributed by atoms with Crippen molar-refractivity contribution in [2.24, 2.45) is 0 Å². The summed E-state index contributed by atoms with van der Waals surface area (Å²) in [5, 5.41) is 1.79. The Bertz CT molecular complexity index is 2610. The van der Waals surface area contributed by atoms with Crippen LogP contribution in [0.3, 0.4) is 0 Å². The fourth-order valence-electron chi connectivity index (χ4n) is 6.27. The smallest absolute Gasteiger partial charge is 0.245 e. The SMILES string of the molecule is [2H]c1c([2H])c([2H])c(-c2ccc3c(c2)Sc2cccc4c2B3c2cc3c5ccccc5n(-c5c([2H])c([2H])c([2H])c([2H])c5[2H])c3cc2-4)c([2H])c1[2H]. The molecular formula is C36H22BNS. The van der Waals surface area contributed by atoms with Crippen LogP contribution in [0, 0.1) is 0 Å². The van der Waals surface area contributed by atoms with Crippen molar-refractivity contribution < 1.29 is 13.7 Å². The molecule has 39 heavy (non-hydrogen) atoms. The molecule has 6 aromatic carbocycles. The molecule has 0 bridgehead atoms. The van der Waals surface area contributed by atoms with E-state index in [-0.39, 0.29) is 66.3 Å². The molecule has 0 saturated carbocycles. The molecule has 0 saturated heterocycles. The number of nitrogens with zero attached hydrogens (tertiary/aromatic N) is 1. The van der Waals surface area contributed by atoms with Crippen LogP contribution in [0.5, 0.6) is 0 Å². The van der Waals surface area contributed by atoms with Gasteiger partial charge in [-0.3, -0.25) is 0 Å². The molecule has 0 aliphatic carbocycles. The number of hydrogen-bond acceptors (Lipinski definition) is 1. The lowest BCUT2D eigenvalue weighted by Crippen LogP contribution is -2.52. The van der Waals surface area contributed by atoms with E-state index in [1.54, 1.807) is 16.3 Å². The number of aromatic nitrogens is 1. The van der Waals surface area contributed by atoms with E-state index in [0.717, 1.165) is 59.1 Å². The maximum atomic E-state index is 8.80. The lowest BCUT2D eigenvalue weighted by atomic mass is 9.38. The van der Waals surface area contributed by atoms with E-state index in [4.69, 9.17) is 13.7 Å². The summed E-state index contributed by atoms with van der Waals surface area (Å²) in [4.78, 5) is 2.00. The van der Waals surface area contributed by atoms with E-state index in [0.29, 0.717) is 5.56 Å². The third-order valence-corrected chi connectivity index (χ3v) is 8.99. The fourth-order valence-corrected chi connectivity index (χ4v) is 7.48. The molecule has 0 N–H and O–H groups in total. The number of fused-ring (bicyclic) bond motifs is 8. The second kappa shape index (κ2) is 8.02. The Kier molecular flexibility index (Phi) is 2.89. The minimum absolute atomic E-state index is 0.103. The van der Waals surface area contributed by atoms with Gasteiger partial charge in [0.1, 0.15) is 0 Å². The van der Waals surface area contributed by atoms with E-state index >= 15 is 0 Å². The topological polar surface area (TPSA) is 4.93 Å². The highest BCUT2D eigenvalue weighted by molar-refractivity contribution is 8.00. The summed E-state index contributed by atoms with van der Waals surface area (Å²) in [6.07, 6.45) is 0. The summed E-state index contributed by atoms with van der Waals surface area (Å²) < 4.78 is 85.8. The van der Waals surface area contributed by atoms with Crippen molar-refractivity contribution in [3.63, 3.8) is 0 Å². The molecule has 0 fully saturated rings. The van der Waals surface area contributed by atoms with Gasteiger partial charge in [-0.15, -0.1) is 0 Å². The summed E-state index contributed by atoms with van der Waals surface area (Å²) in [5.41, 5.74) is 7.64. The van der Waals surface area contributed by atoms with Crippen LogP contribution in [0.25, 0.3) is 49.7 Å². The first-order chi connectivity index (χ1) is 23.5. The van der Waals surface area contributed by atoms with Crippen molar-refractivity contribution in [3.05, 3.63) is 133 Å². The van der Waals surface area contributed by atoms with Crippen LogP contribution < -0.4 is 16.4 Å². The van der Waals surface area contributed by atoms with Crippen LogP contribution in [0.1, 0.15) is 13.7 Å². The van der Waals surface area contributed by atoms with Gasteiger partial charge in [-0.2, -0.15) is 0 Å². The maximum Gasteiger partial charge on any atom is 0.245 e. The third-order valence-electron chi connectivity index (χ3n) is 7.84. The highest BCUT2D eigenvalue weighted by Gasteiger charge is 2.40. The first-order valence-electron chi connectivity index (χ1n) is 17.7. The van der Waals surface area contributed by atoms with Crippen molar-refractivity contribution in [3.8, 4) is 27.9 Å². The third kappa shape index (κ3) is 2.99. The van der Waals surface area contributed by atoms with E-state index < -0.39 is 12.1 Å². The Labute approximate surface area is 245 Å². The minimum atomic E-state index is -0.436. The number of para-hydroxylation sites is 2. The van der Waals surface area contributed by atoms with Gasteiger partial charge in [0, 0.05) is 26.3 Å². The molecule has 0 spiro atoms. The molecule has 9 rings (SSSR count). The molecule has 2 aliphatic rings. The highest BCUT2D eigenvalue weighted by Crippen LogP contribution is 2.40. The molecule has 1 aromatic heterocycles. The normalized spacial score (nSPS) is 16.6. The number of benzene rings is 6. The summed E-state index contributed by atoms with van der Waals surface area (Å²) >= 11 is 1.59. The quantitative estimate of drug-likeness (QED) is 0.215. The van der Waals surface area contributed by atoms with E-state index in [1.165, 1.54) is 0 Å². The molecule has 3 heterocycles. The van der Waals surface area contributed by atoms with E-state index in [1.807, 2.05) is 48.5 Å². The van der Waals surface area contributed by atoms with E-state index in [2.05, 4.69) is 24.3 Å². The summed E-state index contributed by atoms with van der Waals surface area (Å²) in [5.74, 6) is 0. The minimum Gasteiger partial charge on any atom is -0.309 e. The fraction of sp³-hybridized carbons (Fsp3) is 0. The maximum absolute atomic E-state index is 8.80. The molecule has 0 amide bonds. The van der Waals surface area contributed by atoms with Crippen molar-refractivity contribution in [2.75, 3.05) is 0 Å². The molecule has 1 nitrogen and oxygen atoms in total. The van der Waals surface area contributed by atoms with Crippen molar-refractivity contribution in [1.29, 1.82) is 0 Å². The average molecular weight is 522 g/mol. The van der Waals surface area contributed by atoms with Crippen molar-refractivity contribution in [1.82, 2.24) is 4.57 Å². The van der Waals surface area contributed by atoms with Gasteiger partial charge < -0.3 is 4.57 Å². The molecule has 180 valence electrons. The predicted octanol–water partition coefficient (Wildman–Crippen LogP) is 7.41. The highest BCUT2D eigenvalue weighted by atomic mass is 32.2. The van der Waals surface area contributed by atoms with E-state index in [9.17, 15) is 0 Å². The first-order valence-corrected chi connectivity index (χ1v) is 13.5. The summed E-state index contributed by atoms with van der Waals surface area (Å²) in [6, 6.07) is 20.5. The monoisotopic (exact) mass is 521 g/mol. The Balaban J connectivity index is 1.31. The average Bonchev–Trinajstić information content (AvgIpc) is 3.61.